The van der Waals surface area contributed by atoms with Crippen molar-refractivity contribution in [3.63, 3.8) is 0 Å². The van der Waals surface area contributed by atoms with E-state index in [2.05, 4.69) is 5.48 Å². The fourth-order valence-corrected chi connectivity index (χ4v) is 2.83. The second-order valence-electron chi connectivity index (χ2n) is 5.12. The van der Waals surface area contributed by atoms with E-state index in [0.717, 1.165) is 25.2 Å². The average molecular weight is 211 g/mol. The highest BCUT2D eigenvalue weighted by Crippen LogP contribution is 2.47. The van der Waals surface area contributed by atoms with Crippen LogP contribution in [-0.2, 0) is 9.63 Å². The van der Waals surface area contributed by atoms with Gasteiger partial charge in [0.25, 0.3) is 0 Å². The van der Waals surface area contributed by atoms with Crippen LogP contribution < -0.4 is 5.48 Å². The summed E-state index contributed by atoms with van der Waals surface area (Å²) in [5.41, 5.74) is 2.45. The highest BCUT2D eigenvalue weighted by molar-refractivity contribution is 5.81. The van der Waals surface area contributed by atoms with Crippen molar-refractivity contribution in [2.24, 2.45) is 11.3 Å². The molecule has 3 heteroatoms. The van der Waals surface area contributed by atoms with Gasteiger partial charge in [-0.15, -0.1) is 0 Å². The zero-order valence-corrected chi connectivity index (χ0v) is 9.55. The lowest BCUT2D eigenvalue weighted by molar-refractivity contribution is -0.144. The zero-order valence-electron chi connectivity index (χ0n) is 9.55. The molecule has 2 saturated carbocycles. The molecular formula is C12H21NO2. The van der Waals surface area contributed by atoms with Crippen LogP contribution in [0.1, 0.15) is 51.4 Å². The van der Waals surface area contributed by atoms with E-state index in [1.54, 1.807) is 0 Å². The fourth-order valence-electron chi connectivity index (χ4n) is 2.83. The maximum atomic E-state index is 12.0. The summed E-state index contributed by atoms with van der Waals surface area (Å²) in [4.78, 5) is 16.8. The van der Waals surface area contributed by atoms with Crippen LogP contribution in [0.15, 0.2) is 0 Å². The van der Waals surface area contributed by atoms with E-state index in [1.165, 1.54) is 39.2 Å². The summed E-state index contributed by atoms with van der Waals surface area (Å²) < 4.78 is 0. The highest BCUT2D eigenvalue weighted by atomic mass is 16.6. The van der Waals surface area contributed by atoms with E-state index in [0.29, 0.717) is 0 Å². The first-order chi connectivity index (χ1) is 7.27. The molecule has 0 aromatic carbocycles. The van der Waals surface area contributed by atoms with Crippen LogP contribution in [0.4, 0.5) is 0 Å². The molecule has 2 aliphatic rings. The lowest BCUT2D eigenvalue weighted by Gasteiger charge is -2.35. The maximum Gasteiger partial charge on any atom is 0.249 e. The van der Waals surface area contributed by atoms with E-state index in [4.69, 9.17) is 4.84 Å². The van der Waals surface area contributed by atoms with Crippen molar-refractivity contribution >= 4 is 5.91 Å². The van der Waals surface area contributed by atoms with Crippen molar-refractivity contribution in [1.82, 2.24) is 5.48 Å². The molecular weight excluding hydrogens is 190 g/mol. The Labute approximate surface area is 91.5 Å². The van der Waals surface area contributed by atoms with Crippen LogP contribution in [0.5, 0.6) is 0 Å². The molecule has 0 radical (unpaired) electrons. The Morgan fingerprint density at radius 3 is 2.53 bits per heavy atom. The van der Waals surface area contributed by atoms with Crippen molar-refractivity contribution < 1.29 is 9.63 Å². The van der Waals surface area contributed by atoms with Crippen molar-refractivity contribution in [3.8, 4) is 0 Å². The SMILES string of the molecule is CONC(=O)C1(CC2CC2)CCCCC1. The van der Waals surface area contributed by atoms with Crippen LogP contribution >= 0.6 is 0 Å². The van der Waals surface area contributed by atoms with Gasteiger partial charge in [0.05, 0.1) is 12.5 Å². The summed E-state index contributed by atoms with van der Waals surface area (Å²) in [5.74, 6) is 0.933. The van der Waals surface area contributed by atoms with Crippen molar-refractivity contribution in [3.05, 3.63) is 0 Å². The maximum absolute atomic E-state index is 12.0. The van der Waals surface area contributed by atoms with Crippen LogP contribution in [0.25, 0.3) is 0 Å². The van der Waals surface area contributed by atoms with Gasteiger partial charge in [-0.05, 0) is 25.2 Å². The third-order valence-corrected chi connectivity index (χ3v) is 3.86. The fraction of sp³-hybridized carbons (Fsp3) is 0.917. The molecule has 2 fully saturated rings. The number of hydroxylamine groups is 1. The van der Waals surface area contributed by atoms with Gasteiger partial charge in [-0.3, -0.25) is 9.63 Å². The van der Waals surface area contributed by atoms with E-state index in [1.807, 2.05) is 0 Å². The summed E-state index contributed by atoms with van der Waals surface area (Å²) in [6.45, 7) is 0. The molecule has 2 aliphatic carbocycles. The zero-order chi connectivity index (χ0) is 10.7. The van der Waals surface area contributed by atoms with Gasteiger partial charge in [0.2, 0.25) is 5.91 Å². The standard InChI is InChI=1S/C12H21NO2/c1-15-13-11(14)12(9-10-5-6-10)7-3-2-4-8-12/h10H,2-9H2,1H3,(H,13,14). The number of rotatable bonds is 4. The molecule has 1 amide bonds. The Morgan fingerprint density at radius 2 is 2.00 bits per heavy atom. The number of hydrogen-bond donors (Lipinski definition) is 1. The quantitative estimate of drug-likeness (QED) is 0.725. The van der Waals surface area contributed by atoms with Gasteiger partial charge in [-0.2, -0.15) is 0 Å². The monoisotopic (exact) mass is 211 g/mol. The number of nitrogens with one attached hydrogen (secondary N) is 1. The Balaban J connectivity index is 2.01. The predicted octanol–water partition coefficient (Wildman–Crippen LogP) is 2.41. The third-order valence-electron chi connectivity index (χ3n) is 3.86. The van der Waals surface area contributed by atoms with E-state index < -0.39 is 0 Å². The van der Waals surface area contributed by atoms with Crippen LogP contribution in [-0.4, -0.2) is 13.0 Å². The van der Waals surface area contributed by atoms with Crippen molar-refractivity contribution in [2.45, 2.75) is 51.4 Å². The molecule has 86 valence electrons. The molecule has 3 nitrogen and oxygen atoms in total. The Kier molecular flexibility index (Phi) is 3.29. The summed E-state index contributed by atoms with van der Waals surface area (Å²) in [6, 6.07) is 0. The third kappa shape index (κ3) is 2.51. The largest absolute Gasteiger partial charge is 0.277 e. The van der Waals surface area contributed by atoms with Gasteiger partial charge in [0.1, 0.15) is 0 Å². The molecule has 15 heavy (non-hydrogen) atoms. The summed E-state index contributed by atoms with van der Waals surface area (Å²) in [5, 5.41) is 0. The van der Waals surface area contributed by atoms with Crippen molar-refractivity contribution in [1.29, 1.82) is 0 Å². The molecule has 0 aromatic heterocycles. The van der Waals surface area contributed by atoms with Crippen molar-refractivity contribution in [2.75, 3.05) is 7.11 Å². The molecule has 0 aliphatic heterocycles. The molecule has 2 rings (SSSR count). The van der Waals surface area contributed by atoms with Crippen LogP contribution in [0.3, 0.4) is 0 Å². The molecule has 0 aromatic rings. The Hall–Kier alpha value is -0.570. The molecule has 0 atom stereocenters. The van der Waals surface area contributed by atoms with E-state index in [9.17, 15) is 4.79 Å². The van der Waals surface area contributed by atoms with Crippen LogP contribution in [0, 0.1) is 11.3 Å². The highest BCUT2D eigenvalue weighted by Gasteiger charge is 2.43. The van der Waals surface area contributed by atoms with Gasteiger partial charge in [0, 0.05) is 0 Å². The first kappa shape index (κ1) is 10.9. The predicted molar refractivity (Wildman–Crippen MR) is 58.0 cm³/mol. The minimum absolute atomic E-state index is 0.102. The Bertz CT molecular complexity index is 230. The second kappa shape index (κ2) is 4.52. The first-order valence-electron chi connectivity index (χ1n) is 6.10. The minimum Gasteiger partial charge on any atom is -0.277 e. The van der Waals surface area contributed by atoms with E-state index in [-0.39, 0.29) is 11.3 Å². The molecule has 0 unspecified atom stereocenters. The van der Waals surface area contributed by atoms with Gasteiger partial charge < -0.3 is 0 Å². The number of carbonyl (C=O) groups excluding carboxylic acids is 1. The van der Waals surface area contributed by atoms with Gasteiger partial charge in [0.15, 0.2) is 0 Å². The van der Waals surface area contributed by atoms with Gasteiger partial charge in [-0.25, -0.2) is 5.48 Å². The lowest BCUT2D eigenvalue weighted by atomic mass is 9.70. The molecule has 0 saturated heterocycles. The second-order valence-corrected chi connectivity index (χ2v) is 5.12. The summed E-state index contributed by atoms with van der Waals surface area (Å²) >= 11 is 0. The average Bonchev–Trinajstić information content (AvgIpc) is 3.03. The molecule has 0 heterocycles. The normalized spacial score (nSPS) is 24.9. The summed E-state index contributed by atoms with van der Waals surface area (Å²) in [6.07, 6.45) is 9.52. The summed E-state index contributed by atoms with van der Waals surface area (Å²) in [7, 11) is 1.52. The number of amides is 1. The smallest absolute Gasteiger partial charge is 0.249 e. The van der Waals surface area contributed by atoms with Gasteiger partial charge >= 0.3 is 0 Å². The van der Waals surface area contributed by atoms with Gasteiger partial charge in [-0.1, -0.05) is 32.1 Å². The number of hydrogen-bond acceptors (Lipinski definition) is 2. The minimum atomic E-state index is -0.102. The molecule has 0 spiro atoms. The molecule has 1 N–H and O–H groups in total. The molecule has 0 bridgehead atoms. The topological polar surface area (TPSA) is 38.3 Å². The Morgan fingerprint density at radius 1 is 1.33 bits per heavy atom. The van der Waals surface area contributed by atoms with Crippen LogP contribution in [0.2, 0.25) is 0 Å². The lowest BCUT2D eigenvalue weighted by Crippen LogP contribution is -2.42. The van der Waals surface area contributed by atoms with E-state index >= 15 is 0 Å². The first-order valence-corrected chi connectivity index (χ1v) is 6.10. The number of carbonyl (C=O) groups is 1.